The lowest BCUT2D eigenvalue weighted by Gasteiger charge is -2.27. The first-order valence-electron chi connectivity index (χ1n) is 11.9. The number of nitrogens with one attached hydrogen (secondary N) is 1. The highest BCUT2D eigenvalue weighted by molar-refractivity contribution is 7.15. The van der Waals surface area contributed by atoms with Crippen molar-refractivity contribution in [3.05, 3.63) is 70.2 Å². The van der Waals surface area contributed by atoms with Gasteiger partial charge >= 0.3 is 0 Å². The molecule has 7 nitrogen and oxygen atoms in total. The van der Waals surface area contributed by atoms with Gasteiger partial charge in [-0.05, 0) is 49.8 Å². The Bertz CT molecular complexity index is 1470. The normalized spacial score (nSPS) is 20.8. The van der Waals surface area contributed by atoms with Crippen LogP contribution in [0.2, 0.25) is 0 Å². The molecule has 2 aromatic heterocycles. The van der Waals surface area contributed by atoms with Crippen LogP contribution in [0.1, 0.15) is 43.7 Å². The molecule has 3 heterocycles. The van der Waals surface area contributed by atoms with E-state index in [1.807, 2.05) is 43.0 Å². The van der Waals surface area contributed by atoms with Crippen LogP contribution in [-0.2, 0) is 0 Å². The first-order chi connectivity index (χ1) is 16.9. The molecule has 35 heavy (non-hydrogen) atoms. The zero-order valence-corrected chi connectivity index (χ0v) is 20.7. The lowest BCUT2D eigenvalue weighted by molar-refractivity contribution is 0.0690. The fourth-order valence-corrected chi connectivity index (χ4v) is 6.19. The highest BCUT2D eigenvalue weighted by Crippen LogP contribution is 2.50. The molecule has 1 saturated carbocycles. The topological polar surface area (TPSA) is 88.3 Å². The van der Waals surface area contributed by atoms with Crippen LogP contribution in [0.15, 0.2) is 46.9 Å². The number of oxazole rings is 1. The first-order valence-corrected chi connectivity index (χ1v) is 12.7. The monoisotopic (exact) mass is 486 g/mol. The van der Waals surface area contributed by atoms with E-state index in [0.717, 1.165) is 27.4 Å². The number of fused-ring (bicyclic) bond motifs is 2. The molecule has 1 saturated heterocycles. The highest BCUT2D eigenvalue weighted by Gasteiger charge is 2.54. The van der Waals surface area contributed by atoms with Crippen molar-refractivity contribution in [1.29, 1.82) is 0 Å². The zero-order chi connectivity index (χ0) is 24.3. The largest absolute Gasteiger partial charge is 0.440 e. The molecule has 0 unspecified atom stereocenters. The van der Waals surface area contributed by atoms with Gasteiger partial charge in [0, 0.05) is 20.0 Å². The average molecular weight is 487 g/mol. The minimum Gasteiger partial charge on any atom is -0.440 e. The molecule has 178 valence electrons. The number of aryl methyl sites for hydroxylation is 3. The van der Waals surface area contributed by atoms with Gasteiger partial charge in [0.05, 0.1) is 21.5 Å². The summed E-state index contributed by atoms with van der Waals surface area (Å²) in [5, 5.41) is 3.93. The van der Waals surface area contributed by atoms with Crippen LogP contribution in [0.4, 0.5) is 0 Å². The molecule has 1 aliphatic carbocycles. The van der Waals surface area contributed by atoms with Crippen LogP contribution in [0, 0.1) is 32.6 Å². The number of likely N-dealkylation sites (tertiary alicyclic amines) is 1. The lowest BCUT2D eigenvalue weighted by Crippen LogP contribution is -2.45. The SMILES string of the molecule is Cc1cccc(-c2sc(C)nc2C(=O)N2C[C@@H]3C[C@@H]3[C@H]2CNC(=O)c2cccc3nc(C)oc23)c1. The van der Waals surface area contributed by atoms with Crippen molar-refractivity contribution in [2.45, 2.75) is 33.2 Å². The number of carbonyl (C=O) groups excluding carboxylic acids is 2. The molecule has 8 heteroatoms. The number of aromatic nitrogens is 2. The minimum absolute atomic E-state index is 0.0421. The Morgan fingerprint density at radius 2 is 1.97 bits per heavy atom. The Balaban J connectivity index is 1.23. The van der Waals surface area contributed by atoms with E-state index < -0.39 is 0 Å². The molecule has 1 aliphatic heterocycles. The zero-order valence-electron chi connectivity index (χ0n) is 19.9. The summed E-state index contributed by atoms with van der Waals surface area (Å²) in [6.07, 6.45) is 1.10. The van der Waals surface area contributed by atoms with Crippen LogP contribution in [0.25, 0.3) is 21.5 Å². The number of rotatable bonds is 5. The molecular weight excluding hydrogens is 460 g/mol. The predicted octanol–water partition coefficient (Wildman–Crippen LogP) is 4.77. The Morgan fingerprint density at radius 1 is 1.14 bits per heavy atom. The Morgan fingerprint density at radius 3 is 2.80 bits per heavy atom. The average Bonchev–Trinajstić information content (AvgIpc) is 3.14. The molecule has 2 aromatic carbocycles. The second-order valence-corrected chi connectivity index (χ2v) is 10.8. The minimum atomic E-state index is -0.215. The van der Waals surface area contributed by atoms with Crippen molar-refractivity contribution in [3.8, 4) is 10.4 Å². The Labute approximate surface area is 207 Å². The van der Waals surface area contributed by atoms with Gasteiger partial charge in [-0.25, -0.2) is 9.97 Å². The van der Waals surface area contributed by atoms with Crippen LogP contribution in [0.3, 0.4) is 0 Å². The summed E-state index contributed by atoms with van der Waals surface area (Å²) in [7, 11) is 0. The van der Waals surface area contributed by atoms with Crippen LogP contribution in [-0.4, -0.2) is 45.8 Å². The molecular formula is C27H26N4O3S. The van der Waals surface area contributed by atoms with Gasteiger partial charge in [0.15, 0.2) is 11.5 Å². The fraction of sp³-hybridized carbons (Fsp3) is 0.333. The number of amides is 2. The number of thiazole rings is 1. The number of hydrogen-bond donors (Lipinski definition) is 1. The Hall–Kier alpha value is -3.52. The van der Waals surface area contributed by atoms with E-state index >= 15 is 0 Å². The highest BCUT2D eigenvalue weighted by atomic mass is 32.1. The molecule has 0 radical (unpaired) electrons. The summed E-state index contributed by atoms with van der Waals surface area (Å²) in [5.74, 6) is 1.18. The number of benzene rings is 2. The number of piperidine rings is 1. The molecule has 0 bridgehead atoms. The first kappa shape index (κ1) is 22.0. The molecule has 1 N–H and O–H groups in total. The molecule has 2 fully saturated rings. The van der Waals surface area contributed by atoms with Gasteiger partial charge in [-0.1, -0.05) is 35.9 Å². The predicted molar refractivity (Wildman–Crippen MR) is 135 cm³/mol. The third-order valence-corrected chi connectivity index (χ3v) is 8.04. The van der Waals surface area contributed by atoms with Crippen LogP contribution in [0.5, 0.6) is 0 Å². The van der Waals surface area contributed by atoms with E-state index in [-0.39, 0.29) is 17.9 Å². The third-order valence-electron chi connectivity index (χ3n) is 7.02. The maximum absolute atomic E-state index is 13.7. The summed E-state index contributed by atoms with van der Waals surface area (Å²) in [4.78, 5) is 38.6. The molecule has 2 aliphatic rings. The van der Waals surface area contributed by atoms with Crippen molar-refractivity contribution in [2.75, 3.05) is 13.1 Å². The van der Waals surface area contributed by atoms with E-state index in [0.29, 0.717) is 53.2 Å². The second kappa shape index (κ2) is 8.30. The lowest BCUT2D eigenvalue weighted by atomic mass is 10.1. The third kappa shape index (κ3) is 3.91. The van der Waals surface area contributed by atoms with Crippen molar-refractivity contribution >= 4 is 34.3 Å². The summed E-state index contributed by atoms with van der Waals surface area (Å²) < 4.78 is 5.66. The van der Waals surface area contributed by atoms with Gasteiger partial charge in [0.2, 0.25) is 0 Å². The molecule has 6 rings (SSSR count). The van der Waals surface area contributed by atoms with Crippen molar-refractivity contribution < 1.29 is 14.0 Å². The maximum atomic E-state index is 13.7. The van der Waals surface area contributed by atoms with Gasteiger partial charge in [-0.15, -0.1) is 11.3 Å². The van der Waals surface area contributed by atoms with E-state index in [1.165, 1.54) is 0 Å². The van der Waals surface area contributed by atoms with Gasteiger partial charge in [0.25, 0.3) is 11.8 Å². The number of para-hydroxylation sites is 1. The molecule has 2 amide bonds. The van der Waals surface area contributed by atoms with E-state index in [4.69, 9.17) is 4.42 Å². The quantitative estimate of drug-likeness (QED) is 0.439. The second-order valence-electron chi connectivity index (χ2n) is 9.56. The van der Waals surface area contributed by atoms with E-state index in [2.05, 4.69) is 21.4 Å². The standard InChI is InChI=1S/C27H26N4O3S/c1-14-6-4-7-17(10-14)25-23(30-16(3)35-25)27(33)31-13-18-11-20(18)22(31)12-28-26(32)19-8-5-9-21-24(19)34-15(2)29-21/h4-10,18,20,22H,11-13H2,1-3H3,(H,28,32)/t18-,20-,22+/m0/s1. The summed E-state index contributed by atoms with van der Waals surface area (Å²) >= 11 is 1.55. The van der Waals surface area contributed by atoms with Crippen LogP contribution >= 0.6 is 11.3 Å². The smallest absolute Gasteiger partial charge is 0.274 e. The van der Waals surface area contributed by atoms with E-state index in [1.54, 1.807) is 30.4 Å². The summed E-state index contributed by atoms with van der Waals surface area (Å²) in [6.45, 7) is 6.86. The molecule has 0 spiro atoms. The van der Waals surface area contributed by atoms with Gasteiger partial charge in [-0.2, -0.15) is 0 Å². The summed E-state index contributed by atoms with van der Waals surface area (Å²) in [5.41, 5.74) is 4.29. The van der Waals surface area contributed by atoms with E-state index in [9.17, 15) is 9.59 Å². The fourth-order valence-electron chi connectivity index (χ4n) is 5.29. The summed E-state index contributed by atoms with van der Waals surface area (Å²) in [6, 6.07) is 13.5. The number of nitrogens with zero attached hydrogens (tertiary/aromatic N) is 3. The molecule has 4 aromatic rings. The maximum Gasteiger partial charge on any atom is 0.274 e. The van der Waals surface area contributed by atoms with Crippen molar-refractivity contribution in [1.82, 2.24) is 20.2 Å². The van der Waals surface area contributed by atoms with Crippen LogP contribution < -0.4 is 5.32 Å². The van der Waals surface area contributed by atoms with Crippen molar-refractivity contribution in [3.63, 3.8) is 0 Å². The van der Waals surface area contributed by atoms with Gasteiger partial charge < -0.3 is 14.6 Å². The van der Waals surface area contributed by atoms with Crippen molar-refractivity contribution in [2.24, 2.45) is 11.8 Å². The molecule has 3 atom stereocenters. The van der Waals surface area contributed by atoms with Gasteiger partial charge in [0.1, 0.15) is 11.2 Å². The number of hydrogen-bond acceptors (Lipinski definition) is 6. The van der Waals surface area contributed by atoms with Gasteiger partial charge in [-0.3, -0.25) is 9.59 Å². The Kier molecular flexibility index (Phi) is 5.21. The number of carbonyl (C=O) groups is 2.